The van der Waals surface area contributed by atoms with Gasteiger partial charge in [-0.3, -0.25) is 0 Å². The molecule has 0 aromatic heterocycles. The van der Waals surface area contributed by atoms with Crippen LogP contribution in [-0.4, -0.2) is 0 Å². The Labute approximate surface area is 114 Å². The molecule has 0 N–H and O–H groups in total. The largest absolute Gasteiger partial charge is 0.206 e. The number of nitrogens with zero attached hydrogens (tertiary/aromatic N) is 1. The lowest BCUT2D eigenvalue weighted by atomic mass is 10.0. The van der Waals surface area contributed by atoms with E-state index >= 15 is 0 Å². The van der Waals surface area contributed by atoms with E-state index in [4.69, 9.17) is 28.5 Å². The molecule has 0 aliphatic carbocycles. The fourth-order valence-corrected chi connectivity index (χ4v) is 1.96. The molecule has 18 heavy (non-hydrogen) atoms. The van der Waals surface area contributed by atoms with Crippen LogP contribution in [0.25, 0.3) is 11.1 Å². The monoisotopic (exact) mass is 279 g/mol. The predicted molar refractivity (Wildman–Crippen MR) is 71.2 cm³/mol. The Kier molecular flexibility index (Phi) is 3.86. The van der Waals surface area contributed by atoms with E-state index in [1.807, 2.05) is 6.07 Å². The Hall–Kier alpha value is -1.56. The van der Waals surface area contributed by atoms with Gasteiger partial charge in [0.25, 0.3) is 0 Å². The summed E-state index contributed by atoms with van der Waals surface area (Å²) >= 11 is 11.7. The van der Waals surface area contributed by atoms with Gasteiger partial charge >= 0.3 is 0 Å². The van der Waals surface area contributed by atoms with Crippen LogP contribution in [0.2, 0.25) is 10.0 Å². The summed E-state index contributed by atoms with van der Waals surface area (Å²) in [6.45, 7) is 0. The van der Waals surface area contributed by atoms with Gasteiger partial charge in [-0.25, -0.2) is 4.39 Å². The Morgan fingerprint density at radius 1 is 1.06 bits per heavy atom. The van der Waals surface area contributed by atoms with E-state index in [9.17, 15) is 4.39 Å². The molecular weight excluding hydrogens is 272 g/mol. The smallest absolute Gasteiger partial charge is 0.131 e. The lowest BCUT2D eigenvalue weighted by Gasteiger charge is -2.06. The van der Waals surface area contributed by atoms with Crippen molar-refractivity contribution in [1.82, 2.24) is 0 Å². The first-order valence-corrected chi connectivity index (χ1v) is 5.98. The van der Waals surface area contributed by atoms with Crippen molar-refractivity contribution in [2.45, 2.75) is 6.42 Å². The molecule has 2 rings (SSSR count). The van der Waals surface area contributed by atoms with Crippen LogP contribution in [0.1, 0.15) is 5.56 Å². The molecule has 0 aliphatic rings. The number of rotatable bonds is 2. The number of hydrogen-bond acceptors (Lipinski definition) is 1. The number of hydrogen-bond donors (Lipinski definition) is 0. The Bertz CT molecular complexity index is 632. The summed E-state index contributed by atoms with van der Waals surface area (Å²) in [5.74, 6) is -0.374. The first-order valence-electron chi connectivity index (χ1n) is 5.22. The van der Waals surface area contributed by atoms with E-state index < -0.39 is 0 Å². The van der Waals surface area contributed by atoms with Crippen molar-refractivity contribution in [3.05, 3.63) is 57.8 Å². The minimum absolute atomic E-state index is 0.193. The fraction of sp³-hybridized carbons (Fsp3) is 0.0714. The second-order valence-corrected chi connectivity index (χ2v) is 4.59. The van der Waals surface area contributed by atoms with Gasteiger partial charge in [0, 0.05) is 5.56 Å². The summed E-state index contributed by atoms with van der Waals surface area (Å²) < 4.78 is 13.9. The normalized spacial score (nSPS) is 10.1. The highest BCUT2D eigenvalue weighted by Gasteiger charge is 2.08. The standard InChI is InChI=1S/C14H8Cl2FN/c15-12-4-2-10(8-13(12)16)11-3-1-9(5-6-18)7-14(11)17/h1-4,7-8H,5H2. The first kappa shape index (κ1) is 12.9. The summed E-state index contributed by atoms with van der Waals surface area (Å²) in [4.78, 5) is 0. The van der Waals surface area contributed by atoms with Crippen LogP contribution in [0.3, 0.4) is 0 Å². The molecule has 0 amide bonds. The van der Waals surface area contributed by atoms with Gasteiger partial charge in [0.1, 0.15) is 5.82 Å². The Balaban J connectivity index is 2.45. The summed E-state index contributed by atoms with van der Waals surface area (Å²) in [7, 11) is 0. The summed E-state index contributed by atoms with van der Waals surface area (Å²) in [5, 5.41) is 9.38. The highest BCUT2D eigenvalue weighted by molar-refractivity contribution is 6.42. The third-order valence-corrected chi connectivity index (χ3v) is 3.29. The van der Waals surface area contributed by atoms with E-state index in [2.05, 4.69) is 0 Å². The third kappa shape index (κ3) is 2.64. The average molecular weight is 280 g/mol. The van der Waals surface area contributed by atoms with Crippen LogP contribution in [0, 0.1) is 17.1 Å². The molecule has 90 valence electrons. The maximum absolute atomic E-state index is 13.9. The van der Waals surface area contributed by atoms with Crippen molar-refractivity contribution in [3.63, 3.8) is 0 Å². The minimum atomic E-state index is -0.374. The molecule has 0 atom stereocenters. The molecule has 0 aliphatic heterocycles. The quantitative estimate of drug-likeness (QED) is 0.770. The van der Waals surface area contributed by atoms with Crippen molar-refractivity contribution in [3.8, 4) is 17.2 Å². The number of nitriles is 1. The van der Waals surface area contributed by atoms with Gasteiger partial charge in [-0.1, -0.05) is 41.4 Å². The minimum Gasteiger partial charge on any atom is -0.206 e. The number of benzene rings is 2. The molecule has 0 radical (unpaired) electrons. The van der Waals surface area contributed by atoms with Crippen molar-refractivity contribution in [2.24, 2.45) is 0 Å². The summed E-state index contributed by atoms with van der Waals surface area (Å²) in [6.07, 6.45) is 0.193. The SMILES string of the molecule is N#CCc1ccc(-c2ccc(Cl)c(Cl)c2)c(F)c1. The van der Waals surface area contributed by atoms with E-state index in [0.29, 0.717) is 26.7 Å². The van der Waals surface area contributed by atoms with Crippen molar-refractivity contribution in [1.29, 1.82) is 5.26 Å². The molecule has 0 saturated carbocycles. The van der Waals surface area contributed by atoms with Gasteiger partial charge in [-0.15, -0.1) is 0 Å². The average Bonchev–Trinajstić information content (AvgIpc) is 2.34. The zero-order valence-corrected chi connectivity index (χ0v) is 10.8. The van der Waals surface area contributed by atoms with Crippen LogP contribution < -0.4 is 0 Å². The Morgan fingerprint density at radius 3 is 2.44 bits per heavy atom. The van der Waals surface area contributed by atoms with Gasteiger partial charge < -0.3 is 0 Å². The van der Waals surface area contributed by atoms with Crippen LogP contribution in [0.5, 0.6) is 0 Å². The lowest BCUT2D eigenvalue weighted by Crippen LogP contribution is -1.89. The van der Waals surface area contributed by atoms with Crippen molar-refractivity contribution in [2.75, 3.05) is 0 Å². The van der Waals surface area contributed by atoms with Crippen molar-refractivity contribution >= 4 is 23.2 Å². The molecule has 4 heteroatoms. The molecule has 0 fully saturated rings. The zero-order valence-electron chi connectivity index (χ0n) is 9.25. The molecule has 2 aromatic carbocycles. The molecule has 0 heterocycles. The molecule has 1 nitrogen and oxygen atoms in total. The van der Waals surface area contributed by atoms with E-state index in [0.717, 1.165) is 0 Å². The maximum Gasteiger partial charge on any atom is 0.131 e. The highest BCUT2D eigenvalue weighted by Crippen LogP contribution is 2.30. The van der Waals surface area contributed by atoms with Gasteiger partial charge in [0.2, 0.25) is 0 Å². The van der Waals surface area contributed by atoms with Gasteiger partial charge in [0.15, 0.2) is 0 Å². The van der Waals surface area contributed by atoms with Crippen LogP contribution in [0.15, 0.2) is 36.4 Å². The molecule has 0 saturated heterocycles. The lowest BCUT2D eigenvalue weighted by molar-refractivity contribution is 0.629. The van der Waals surface area contributed by atoms with E-state index in [-0.39, 0.29) is 12.2 Å². The first-order chi connectivity index (χ1) is 8.61. The summed E-state index contributed by atoms with van der Waals surface area (Å²) in [5.41, 5.74) is 1.75. The van der Waals surface area contributed by atoms with Crippen LogP contribution in [-0.2, 0) is 6.42 Å². The third-order valence-electron chi connectivity index (χ3n) is 2.55. The predicted octanol–water partition coefficient (Wildman–Crippen LogP) is 4.87. The highest BCUT2D eigenvalue weighted by atomic mass is 35.5. The zero-order chi connectivity index (χ0) is 13.1. The molecule has 0 spiro atoms. The van der Waals surface area contributed by atoms with Crippen LogP contribution in [0.4, 0.5) is 4.39 Å². The molecule has 0 unspecified atom stereocenters. The maximum atomic E-state index is 13.9. The molecule has 0 bridgehead atoms. The van der Waals surface area contributed by atoms with Gasteiger partial charge in [0.05, 0.1) is 22.5 Å². The number of halogens is 3. The van der Waals surface area contributed by atoms with E-state index in [1.165, 1.54) is 6.07 Å². The topological polar surface area (TPSA) is 23.8 Å². The van der Waals surface area contributed by atoms with Crippen molar-refractivity contribution < 1.29 is 4.39 Å². The molecule has 2 aromatic rings. The summed E-state index contributed by atoms with van der Waals surface area (Å²) in [6, 6.07) is 11.7. The fourth-order valence-electron chi connectivity index (χ4n) is 1.66. The molecular formula is C14H8Cl2FN. The van der Waals surface area contributed by atoms with Gasteiger partial charge in [-0.2, -0.15) is 5.26 Å². The van der Waals surface area contributed by atoms with E-state index in [1.54, 1.807) is 30.3 Å². The van der Waals surface area contributed by atoms with Gasteiger partial charge in [-0.05, 0) is 29.3 Å². The second-order valence-electron chi connectivity index (χ2n) is 3.78. The second kappa shape index (κ2) is 5.39. The van der Waals surface area contributed by atoms with Crippen LogP contribution >= 0.6 is 23.2 Å². The Morgan fingerprint density at radius 2 is 1.83 bits per heavy atom.